The van der Waals surface area contributed by atoms with Gasteiger partial charge in [-0.2, -0.15) is 13.2 Å². The second-order valence-electron chi connectivity index (χ2n) is 13.2. The zero-order valence-corrected chi connectivity index (χ0v) is 27.4. The van der Waals surface area contributed by atoms with Crippen LogP contribution in [0.25, 0.3) is 22.3 Å². The minimum absolute atomic E-state index is 0.149. The molecular formula is C40H40F3N3O3. The number of hydrogen-bond donors (Lipinski definition) is 2. The summed E-state index contributed by atoms with van der Waals surface area (Å²) in [6.07, 6.45) is 0.264. The summed E-state index contributed by atoms with van der Waals surface area (Å²) in [6.45, 7) is 2.18. The quantitative estimate of drug-likeness (QED) is 0.159. The van der Waals surface area contributed by atoms with Gasteiger partial charge in [-0.25, -0.2) is 0 Å². The average Bonchev–Trinajstić information content (AvgIpc) is 3.93. The van der Waals surface area contributed by atoms with Gasteiger partial charge in [0.25, 0.3) is 5.91 Å². The van der Waals surface area contributed by atoms with E-state index in [1.807, 2.05) is 79.7 Å². The second-order valence-corrected chi connectivity index (χ2v) is 13.2. The molecule has 4 aromatic rings. The molecule has 1 fully saturated rings. The first-order valence-corrected chi connectivity index (χ1v) is 16.9. The maximum atomic E-state index is 14.7. The molecule has 3 amide bonds. The molecule has 0 aromatic heterocycles. The van der Waals surface area contributed by atoms with E-state index < -0.39 is 35.5 Å². The van der Waals surface area contributed by atoms with Crippen molar-refractivity contribution in [2.24, 2.45) is 23.5 Å². The first-order chi connectivity index (χ1) is 23.5. The smallest absolute Gasteiger partial charge is 0.369 e. The van der Waals surface area contributed by atoms with E-state index in [0.717, 1.165) is 54.5 Å². The van der Waals surface area contributed by atoms with Gasteiger partial charge in [-0.05, 0) is 70.8 Å². The third-order valence-electron chi connectivity index (χ3n) is 9.71. The maximum Gasteiger partial charge on any atom is 0.416 e. The summed E-state index contributed by atoms with van der Waals surface area (Å²) in [5.41, 5.74) is 10.2. The number of nitrogens with one attached hydrogen (secondary N) is 1. The third kappa shape index (κ3) is 7.56. The molecule has 9 heteroatoms. The lowest BCUT2D eigenvalue weighted by Gasteiger charge is -2.29. The lowest BCUT2D eigenvalue weighted by Crippen LogP contribution is -2.46. The Morgan fingerprint density at radius 2 is 1.57 bits per heavy atom. The SMILES string of the molecule is CCCCC(C(N)=O)C(CC1CC1)C(=O)NC1C(=O)N(Cc2cccc(-c3ccc(C(F)(F)F)cc3)c2)c2ccccc2-c2ccccc21. The fraction of sp³-hybridized carbons (Fsp3) is 0.325. The van der Waals surface area contributed by atoms with E-state index in [1.165, 1.54) is 12.1 Å². The molecule has 6 rings (SSSR count). The second kappa shape index (κ2) is 14.3. The molecule has 1 saturated carbocycles. The Bertz CT molecular complexity index is 1830. The first kappa shape index (κ1) is 34.0. The normalized spacial score (nSPS) is 17.0. The summed E-state index contributed by atoms with van der Waals surface area (Å²) >= 11 is 0. The van der Waals surface area contributed by atoms with Crippen molar-refractivity contribution in [1.29, 1.82) is 0 Å². The molecule has 0 radical (unpaired) electrons. The lowest BCUT2D eigenvalue weighted by atomic mass is 9.82. The number of halogens is 3. The van der Waals surface area contributed by atoms with Crippen LogP contribution in [0.5, 0.6) is 0 Å². The van der Waals surface area contributed by atoms with E-state index >= 15 is 0 Å². The van der Waals surface area contributed by atoms with Crippen LogP contribution in [-0.4, -0.2) is 17.7 Å². The third-order valence-corrected chi connectivity index (χ3v) is 9.71. The number of unbranched alkanes of at least 4 members (excludes halogenated alkanes) is 1. The number of carbonyl (C=O) groups is 3. The fourth-order valence-corrected chi connectivity index (χ4v) is 6.91. The van der Waals surface area contributed by atoms with Crippen molar-refractivity contribution in [3.63, 3.8) is 0 Å². The van der Waals surface area contributed by atoms with Gasteiger partial charge >= 0.3 is 6.18 Å². The molecule has 1 heterocycles. The number of nitrogens with zero attached hydrogens (tertiary/aromatic N) is 1. The summed E-state index contributed by atoms with van der Waals surface area (Å²) in [4.78, 5) is 43.3. The van der Waals surface area contributed by atoms with Crippen molar-refractivity contribution in [1.82, 2.24) is 5.32 Å². The molecule has 3 N–H and O–H groups in total. The van der Waals surface area contributed by atoms with Gasteiger partial charge in [-0.15, -0.1) is 0 Å². The van der Waals surface area contributed by atoms with E-state index in [4.69, 9.17) is 5.73 Å². The Hall–Kier alpha value is -4.92. The predicted octanol–water partition coefficient (Wildman–Crippen LogP) is 8.45. The van der Waals surface area contributed by atoms with Gasteiger partial charge < -0.3 is 16.0 Å². The highest BCUT2D eigenvalue weighted by Gasteiger charge is 2.41. The lowest BCUT2D eigenvalue weighted by molar-refractivity contribution is -0.137. The number of alkyl halides is 3. The molecule has 254 valence electrons. The van der Waals surface area contributed by atoms with Crippen molar-refractivity contribution in [3.05, 3.63) is 114 Å². The molecule has 2 aliphatic rings. The molecule has 0 bridgehead atoms. The number of hydrogen-bond acceptors (Lipinski definition) is 3. The molecular weight excluding hydrogens is 627 g/mol. The number of para-hydroxylation sites is 1. The number of nitrogens with two attached hydrogens (primary N) is 1. The number of anilines is 1. The number of fused-ring (bicyclic) bond motifs is 3. The van der Waals surface area contributed by atoms with Gasteiger partial charge in [-0.3, -0.25) is 14.4 Å². The van der Waals surface area contributed by atoms with Crippen molar-refractivity contribution in [2.45, 2.75) is 64.2 Å². The van der Waals surface area contributed by atoms with Crippen molar-refractivity contribution >= 4 is 23.4 Å². The first-order valence-electron chi connectivity index (χ1n) is 16.9. The summed E-state index contributed by atoms with van der Waals surface area (Å²) in [5.74, 6) is -2.10. The molecule has 6 nitrogen and oxygen atoms in total. The molecule has 4 aromatic carbocycles. The van der Waals surface area contributed by atoms with Crippen LogP contribution >= 0.6 is 0 Å². The summed E-state index contributed by atoms with van der Waals surface area (Å²) < 4.78 is 39.6. The highest BCUT2D eigenvalue weighted by atomic mass is 19.4. The number of primary amides is 1. The highest BCUT2D eigenvalue weighted by molar-refractivity contribution is 6.06. The van der Waals surface area contributed by atoms with Crippen molar-refractivity contribution in [3.8, 4) is 22.3 Å². The summed E-state index contributed by atoms with van der Waals surface area (Å²) in [6, 6.07) is 26.4. The molecule has 3 atom stereocenters. The van der Waals surface area contributed by atoms with Crippen LogP contribution in [0.4, 0.5) is 18.9 Å². The van der Waals surface area contributed by atoms with Gasteiger partial charge in [0.1, 0.15) is 6.04 Å². The Labute approximate surface area is 284 Å². The number of benzene rings is 4. The van der Waals surface area contributed by atoms with Crippen molar-refractivity contribution < 1.29 is 27.6 Å². The summed E-state index contributed by atoms with van der Waals surface area (Å²) in [7, 11) is 0. The van der Waals surface area contributed by atoms with Gasteiger partial charge in [0.2, 0.25) is 11.8 Å². The average molecular weight is 668 g/mol. The summed E-state index contributed by atoms with van der Waals surface area (Å²) in [5, 5.41) is 3.09. The van der Waals surface area contributed by atoms with Gasteiger partial charge in [-0.1, -0.05) is 105 Å². The van der Waals surface area contributed by atoms with Gasteiger partial charge in [0.15, 0.2) is 0 Å². The topological polar surface area (TPSA) is 92.5 Å². The van der Waals surface area contributed by atoms with Crippen LogP contribution in [0.2, 0.25) is 0 Å². The molecule has 3 unspecified atom stereocenters. The van der Waals surface area contributed by atoms with E-state index in [9.17, 15) is 27.6 Å². The molecule has 0 spiro atoms. The largest absolute Gasteiger partial charge is 0.416 e. The Kier molecular flexibility index (Phi) is 9.90. The van der Waals surface area contributed by atoms with Gasteiger partial charge in [0, 0.05) is 17.4 Å². The van der Waals surface area contributed by atoms with Crippen LogP contribution < -0.4 is 16.0 Å². The van der Waals surface area contributed by atoms with Crippen molar-refractivity contribution in [2.75, 3.05) is 4.90 Å². The predicted molar refractivity (Wildman–Crippen MR) is 184 cm³/mol. The van der Waals surface area contributed by atoms with E-state index in [-0.39, 0.29) is 18.4 Å². The van der Waals surface area contributed by atoms with Crippen LogP contribution in [0.1, 0.15) is 68.2 Å². The minimum Gasteiger partial charge on any atom is -0.369 e. The van der Waals surface area contributed by atoms with E-state index in [1.54, 1.807) is 4.90 Å². The molecule has 0 saturated heterocycles. The molecule has 1 aliphatic carbocycles. The minimum atomic E-state index is -4.43. The number of carbonyl (C=O) groups excluding carboxylic acids is 3. The molecule has 1 aliphatic heterocycles. The molecule has 49 heavy (non-hydrogen) atoms. The van der Waals surface area contributed by atoms with E-state index in [2.05, 4.69) is 5.32 Å². The van der Waals surface area contributed by atoms with Crippen LogP contribution in [0.15, 0.2) is 97.1 Å². The van der Waals surface area contributed by atoms with Crippen LogP contribution in [-0.2, 0) is 27.1 Å². The van der Waals surface area contributed by atoms with Crippen LogP contribution in [0, 0.1) is 17.8 Å². The zero-order valence-electron chi connectivity index (χ0n) is 27.4. The number of rotatable bonds is 12. The zero-order chi connectivity index (χ0) is 34.7. The Morgan fingerprint density at radius 1 is 0.878 bits per heavy atom. The monoisotopic (exact) mass is 667 g/mol. The van der Waals surface area contributed by atoms with Gasteiger partial charge in [0.05, 0.1) is 17.8 Å². The Balaban J connectivity index is 1.35. The fourth-order valence-electron chi connectivity index (χ4n) is 6.91. The van der Waals surface area contributed by atoms with E-state index in [0.29, 0.717) is 41.1 Å². The number of amides is 3. The van der Waals surface area contributed by atoms with Crippen LogP contribution in [0.3, 0.4) is 0 Å². The Morgan fingerprint density at radius 3 is 2.24 bits per heavy atom. The highest BCUT2D eigenvalue weighted by Crippen LogP contribution is 2.43. The standard InChI is InChI=1S/C40H40F3N3O3/c1-2-3-11-33(37(44)47)34(23-25-16-17-25)38(48)45-36-32-14-5-4-12-30(32)31-13-6-7-15-35(31)46(39(36)49)24-26-9-8-10-28(22-26)27-18-20-29(21-19-27)40(41,42)43/h4-10,12-15,18-22,25,33-34,36H,2-3,11,16-17,23-24H2,1H3,(H2,44,47)(H,45,48). The maximum absolute atomic E-state index is 14.7.